The number of nitrogen functional groups attached to an aromatic ring is 1. The number of fused-ring (bicyclic) bond motifs is 1. The van der Waals surface area contributed by atoms with Gasteiger partial charge in [0.05, 0.1) is 18.8 Å². The minimum absolute atomic E-state index is 0.239. The number of benzene rings is 1. The molecule has 0 bridgehead atoms. The molecule has 0 saturated carbocycles. The van der Waals surface area contributed by atoms with E-state index in [1.54, 1.807) is 32.4 Å². The summed E-state index contributed by atoms with van der Waals surface area (Å²) in [5, 5.41) is 0. The van der Waals surface area contributed by atoms with Gasteiger partial charge in [0.2, 0.25) is 0 Å². The van der Waals surface area contributed by atoms with E-state index in [-0.39, 0.29) is 19.2 Å². The molecule has 1 aromatic carbocycles. The number of cyclic esters (lactones) is 1. The van der Waals surface area contributed by atoms with Crippen LogP contribution in [0.2, 0.25) is 0 Å². The van der Waals surface area contributed by atoms with Crippen molar-refractivity contribution < 1.29 is 19.0 Å². The van der Waals surface area contributed by atoms with Crippen LogP contribution in [-0.4, -0.2) is 33.4 Å². The lowest BCUT2D eigenvalue weighted by Crippen LogP contribution is -2.36. The fraction of sp³-hybridized carbons (Fsp3) is 0.417. The number of anilines is 1. The number of carbonyl (C=O) groups is 1. The van der Waals surface area contributed by atoms with E-state index >= 15 is 0 Å². The zero-order valence-electron chi connectivity index (χ0n) is 9.86. The van der Waals surface area contributed by atoms with E-state index in [2.05, 4.69) is 0 Å². The second-order valence-electron chi connectivity index (χ2n) is 4.05. The molecule has 0 atom stereocenters. The highest BCUT2D eigenvalue weighted by Gasteiger charge is 2.46. The Morgan fingerprint density at radius 3 is 2.53 bits per heavy atom. The van der Waals surface area contributed by atoms with Crippen molar-refractivity contribution in [3.05, 3.63) is 29.3 Å². The summed E-state index contributed by atoms with van der Waals surface area (Å²) in [4.78, 5) is 11.8. The van der Waals surface area contributed by atoms with Crippen molar-refractivity contribution in [3.8, 4) is 0 Å². The minimum Gasteiger partial charge on any atom is -0.446 e. The summed E-state index contributed by atoms with van der Waals surface area (Å²) < 4.78 is 15.7. The van der Waals surface area contributed by atoms with Crippen LogP contribution in [0, 0.1) is 0 Å². The molecule has 92 valence electrons. The molecule has 0 spiro atoms. The monoisotopic (exact) mass is 237 g/mol. The normalized spacial score (nSPS) is 16.7. The van der Waals surface area contributed by atoms with Crippen molar-refractivity contribution in [3.63, 3.8) is 0 Å². The maximum Gasteiger partial charge on any atom is 0.339 e. The van der Waals surface area contributed by atoms with Gasteiger partial charge < -0.3 is 19.9 Å². The van der Waals surface area contributed by atoms with Gasteiger partial charge in [0.15, 0.2) is 5.60 Å². The molecule has 5 nitrogen and oxygen atoms in total. The summed E-state index contributed by atoms with van der Waals surface area (Å²) in [7, 11) is 3.10. The molecule has 2 N–H and O–H groups in total. The van der Waals surface area contributed by atoms with E-state index in [4.69, 9.17) is 19.9 Å². The standard InChI is InChI=1S/C12H15NO4/c1-15-6-12(7-16-2)10-5-8(13)3-4-9(10)11(14)17-12/h3-5H,6-7,13H2,1-2H3. The summed E-state index contributed by atoms with van der Waals surface area (Å²) in [5.74, 6) is -0.367. The Labute approximate surface area is 99.5 Å². The van der Waals surface area contributed by atoms with Gasteiger partial charge in [0.1, 0.15) is 0 Å². The Morgan fingerprint density at radius 2 is 1.94 bits per heavy atom. The number of carbonyl (C=O) groups excluding carboxylic acids is 1. The van der Waals surface area contributed by atoms with Gasteiger partial charge in [-0.15, -0.1) is 0 Å². The molecular weight excluding hydrogens is 222 g/mol. The first kappa shape index (κ1) is 11.9. The van der Waals surface area contributed by atoms with E-state index in [0.29, 0.717) is 11.3 Å². The van der Waals surface area contributed by atoms with Crippen LogP contribution >= 0.6 is 0 Å². The molecule has 0 unspecified atom stereocenters. The zero-order chi connectivity index (χ0) is 12.5. The molecule has 0 saturated heterocycles. The molecule has 0 fully saturated rings. The summed E-state index contributed by atoms with van der Waals surface area (Å²) >= 11 is 0. The van der Waals surface area contributed by atoms with Crippen LogP contribution in [0.1, 0.15) is 15.9 Å². The molecule has 1 aliphatic rings. The Balaban J connectivity index is 2.51. The lowest BCUT2D eigenvalue weighted by Gasteiger charge is -2.27. The second kappa shape index (κ2) is 4.35. The number of esters is 1. The number of methoxy groups -OCH3 is 2. The lowest BCUT2D eigenvalue weighted by atomic mass is 9.93. The maximum atomic E-state index is 11.8. The third-order valence-corrected chi connectivity index (χ3v) is 2.80. The third kappa shape index (κ3) is 1.87. The molecule has 1 heterocycles. The van der Waals surface area contributed by atoms with Crippen molar-refractivity contribution >= 4 is 11.7 Å². The second-order valence-corrected chi connectivity index (χ2v) is 4.05. The van der Waals surface area contributed by atoms with Crippen LogP contribution in [0.15, 0.2) is 18.2 Å². The van der Waals surface area contributed by atoms with Gasteiger partial charge in [0.25, 0.3) is 0 Å². The molecular formula is C12H15NO4. The molecule has 17 heavy (non-hydrogen) atoms. The molecule has 0 radical (unpaired) electrons. The summed E-state index contributed by atoms with van der Waals surface area (Å²) in [6.07, 6.45) is 0. The predicted octanol–water partition coefficient (Wildman–Crippen LogP) is 0.927. The Morgan fingerprint density at radius 1 is 1.29 bits per heavy atom. The van der Waals surface area contributed by atoms with Crippen LogP contribution < -0.4 is 5.73 Å². The van der Waals surface area contributed by atoms with Crippen LogP contribution in [-0.2, 0) is 19.8 Å². The SMILES string of the molecule is COCC1(COC)OC(=O)c2ccc(N)cc21. The predicted molar refractivity (Wildman–Crippen MR) is 61.7 cm³/mol. The lowest BCUT2D eigenvalue weighted by molar-refractivity contribution is -0.0859. The average molecular weight is 237 g/mol. The van der Waals surface area contributed by atoms with Gasteiger partial charge in [-0.2, -0.15) is 0 Å². The molecule has 2 rings (SSSR count). The van der Waals surface area contributed by atoms with Crippen molar-refractivity contribution in [2.45, 2.75) is 5.60 Å². The smallest absolute Gasteiger partial charge is 0.339 e. The van der Waals surface area contributed by atoms with E-state index in [1.165, 1.54) is 0 Å². The average Bonchev–Trinajstić information content (AvgIpc) is 2.53. The topological polar surface area (TPSA) is 70.8 Å². The van der Waals surface area contributed by atoms with Crippen molar-refractivity contribution in [1.29, 1.82) is 0 Å². The number of ether oxygens (including phenoxy) is 3. The minimum atomic E-state index is -0.884. The Kier molecular flexibility index (Phi) is 3.04. The fourth-order valence-electron chi connectivity index (χ4n) is 2.13. The molecule has 1 aliphatic heterocycles. The summed E-state index contributed by atoms with van der Waals surface area (Å²) in [6.45, 7) is 0.478. The van der Waals surface area contributed by atoms with Gasteiger partial charge in [-0.05, 0) is 18.2 Å². The summed E-state index contributed by atoms with van der Waals surface area (Å²) in [5.41, 5.74) is 6.69. The summed E-state index contributed by atoms with van der Waals surface area (Å²) in [6, 6.07) is 5.08. The van der Waals surface area contributed by atoms with Gasteiger partial charge in [0, 0.05) is 25.5 Å². The van der Waals surface area contributed by atoms with Crippen LogP contribution in [0.4, 0.5) is 5.69 Å². The van der Waals surface area contributed by atoms with E-state index < -0.39 is 5.60 Å². The molecule has 0 aliphatic carbocycles. The van der Waals surface area contributed by atoms with Crippen LogP contribution in [0.3, 0.4) is 0 Å². The van der Waals surface area contributed by atoms with Crippen molar-refractivity contribution in [1.82, 2.24) is 0 Å². The van der Waals surface area contributed by atoms with Crippen molar-refractivity contribution in [2.75, 3.05) is 33.2 Å². The van der Waals surface area contributed by atoms with E-state index in [1.807, 2.05) is 0 Å². The first-order valence-corrected chi connectivity index (χ1v) is 5.24. The molecule has 0 amide bonds. The maximum absolute atomic E-state index is 11.8. The highest BCUT2D eigenvalue weighted by atomic mass is 16.6. The van der Waals surface area contributed by atoms with Gasteiger partial charge in [-0.3, -0.25) is 0 Å². The number of hydrogen-bond acceptors (Lipinski definition) is 5. The van der Waals surface area contributed by atoms with Crippen LogP contribution in [0.5, 0.6) is 0 Å². The first-order chi connectivity index (χ1) is 8.13. The highest BCUT2D eigenvalue weighted by molar-refractivity contribution is 5.95. The van der Waals surface area contributed by atoms with Gasteiger partial charge in [-0.1, -0.05) is 0 Å². The van der Waals surface area contributed by atoms with Crippen LogP contribution in [0.25, 0.3) is 0 Å². The third-order valence-electron chi connectivity index (χ3n) is 2.80. The quantitative estimate of drug-likeness (QED) is 0.623. The number of hydrogen-bond donors (Lipinski definition) is 1. The molecule has 1 aromatic rings. The highest BCUT2D eigenvalue weighted by Crippen LogP contribution is 2.38. The Hall–Kier alpha value is -1.59. The van der Waals surface area contributed by atoms with Gasteiger partial charge in [-0.25, -0.2) is 4.79 Å². The molecule has 5 heteroatoms. The fourth-order valence-corrected chi connectivity index (χ4v) is 2.13. The number of nitrogens with two attached hydrogens (primary N) is 1. The van der Waals surface area contributed by atoms with E-state index in [0.717, 1.165) is 5.56 Å². The molecule has 0 aromatic heterocycles. The van der Waals surface area contributed by atoms with Crippen molar-refractivity contribution in [2.24, 2.45) is 0 Å². The number of rotatable bonds is 4. The zero-order valence-corrected chi connectivity index (χ0v) is 9.86. The Bertz CT molecular complexity index is 438. The largest absolute Gasteiger partial charge is 0.446 e. The first-order valence-electron chi connectivity index (χ1n) is 5.24. The van der Waals surface area contributed by atoms with Gasteiger partial charge >= 0.3 is 5.97 Å². The van der Waals surface area contributed by atoms with E-state index in [9.17, 15) is 4.79 Å².